The molecule has 0 bridgehead atoms. The molecule has 80 valence electrons. The van der Waals surface area contributed by atoms with Crippen LogP contribution < -0.4 is 9.79 Å². The van der Waals surface area contributed by atoms with E-state index in [4.69, 9.17) is 28.1 Å². The van der Waals surface area contributed by atoms with Crippen molar-refractivity contribution >= 4 is 38.4 Å². The molecule has 10 heteroatoms. The molecule has 0 aromatic rings. The average molecular weight is 271 g/mol. The molecular weight excluding hydrogens is 265 g/mol. The van der Waals surface area contributed by atoms with Crippen molar-refractivity contribution in [3.63, 3.8) is 0 Å². The van der Waals surface area contributed by atoms with Crippen LogP contribution in [0.4, 0.5) is 0 Å². The molecule has 0 aliphatic rings. The highest BCUT2D eigenvalue weighted by Crippen LogP contribution is 2.72. The summed E-state index contributed by atoms with van der Waals surface area (Å²) in [5.74, 6) is 0. The van der Waals surface area contributed by atoms with Gasteiger partial charge in [-0.05, 0) is 6.92 Å². The molecule has 0 aromatic heterocycles. The Balaban J connectivity index is 5.05. The van der Waals surface area contributed by atoms with Gasteiger partial charge >= 0.3 is 0 Å². The van der Waals surface area contributed by atoms with Gasteiger partial charge in [0.25, 0.3) is 0 Å². The summed E-state index contributed by atoms with van der Waals surface area (Å²) in [7, 11) is -10.5. The zero-order valence-corrected chi connectivity index (χ0v) is 9.65. The molecule has 0 saturated carbocycles. The maximum Gasteiger partial charge on any atom is 0.243 e. The van der Waals surface area contributed by atoms with Crippen molar-refractivity contribution in [2.45, 2.75) is 10.7 Å². The van der Waals surface area contributed by atoms with Gasteiger partial charge in [0.05, 0.1) is 6.61 Å². The van der Waals surface area contributed by atoms with E-state index in [9.17, 15) is 18.9 Å². The Bertz CT molecular complexity index is 271. The first-order valence-corrected chi connectivity index (χ1v) is 6.81. The van der Waals surface area contributed by atoms with Crippen LogP contribution in [-0.4, -0.2) is 15.3 Å². The van der Waals surface area contributed by atoms with Crippen molar-refractivity contribution in [1.29, 1.82) is 0 Å². The van der Waals surface area contributed by atoms with Crippen molar-refractivity contribution in [1.82, 2.24) is 0 Å². The second-order valence-corrected chi connectivity index (χ2v) is 8.32. The number of rotatable bonds is 4. The van der Waals surface area contributed by atoms with Gasteiger partial charge in [0.15, 0.2) is 15.2 Å². The van der Waals surface area contributed by atoms with Crippen LogP contribution in [0.25, 0.3) is 0 Å². The Hall–Kier alpha value is 0.880. The molecule has 0 aromatic carbocycles. The minimum absolute atomic E-state index is 0.331. The van der Waals surface area contributed by atoms with Crippen LogP contribution in [0.1, 0.15) is 6.92 Å². The van der Waals surface area contributed by atoms with Crippen LogP contribution >= 0.6 is 38.4 Å². The molecule has 0 aliphatic carbocycles. The molecule has 0 aliphatic heterocycles. The molecule has 0 amide bonds. The van der Waals surface area contributed by atoms with Gasteiger partial charge in [-0.1, -0.05) is 23.2 Å². The highest BCUT2D eigenvalue weighted by Gasteiger charge is 2.47. The minimum atomic E-state index is -5.44. The first kappa shape index (κ1) is 13.9. The maximum absolute atomic E-state index is 10.9. The molecule has 13 heavy (non-hydrogen) atoms. The van der Waals surface area contributed by atoms with Crippen LogP contribution in [0.2, 0.25) is 0 Å². The van der Waals surface area contributed by atoms with E-state index in [1.165, 1.54) is 6.92 Å². The normalized spacial score (nSPS) is 22.0. The molecule has 0 heterocycles. The van der Waals surface area contributed by atoms with Crippen molar-refractivity contribution in [2.24, 2.45) is 0 Å². The first-order chi connectivity index (χ1) is 5.56. The second-order valence-electron chi connectivity index (χ2n) is 1.95. The third-order valence-corrected chi connectivity index (χ3v) is 6.92. The summed E-state index contributed by atoms with van der Waals surface area (Å²) in [5.41, 5.74) is 0. The quantitative estimate of drug-likeness (QED) is 0.578. The molecule has 2 atom stereocenters. The minimum Gasteiger partial charge on any atom is -0.776 e. The number of alkyl halides is 2. The van der Waals surface area contributed by atoms with Crippen LogP contribution in [-0.2, 0) is 13.7 Å². The lowest BCUT2D eigenvalue weighted by molar-refractivity contribution is -0.208. The van der Waals surface area contributed by atoms with Gasteiger partial charge in [0, 0.05) is 0 Å². The van der Waals surface area contributed by atoms with Crippen LogP contribution in [0.5, 0.6) is 0 Å². The van der Waals surface area contributed by atoms with Gasteiger partial charge in [-0.15, -0.1) is 0 Å². The van der Waals surface area contributed by atoms with Gasteiger partial charge in [-0.3, -0.25) is 0 Å². The topological polar surface area (TPSA) is 110 Å². The van der Waals surface area contributed by atoms with E-state index in [0.29, 0.717) is 0 Å². The Morgan fingerprint density at radius 3 is 2.08 bits per heavy atom. The van der Waals surface area contributed by atoms with Gasteiger partial charge in [0.1, 0.15) is 0 Å². The molecule has 1 N–H and O–H groups in total. The van der Waals surface area contributed by atoms with E-state index in [0.717, 1.165) is 0 Å². The summed E-state index contributed by atoms with van der Waals surface area (Å²) < 4.78 is 22.0. The lowest BCUT2D eigenvalue weighted by Crippen LogP contribution is -2.28. The third-order valence-electron chi connectivity index (χ3n) is 0.969. The van der Waals surface area contributed by atoms with Crippen molar-refractivity contribution in [3.05, 3.63) is 0 Å². The standard InChI is InChI=1S/C3H8Cl2O6P2/c1-2-11-13(9,10)3(4,5)12(6,7)8/h2H2,1H3,(H,9,10)(H2,6,7,8)/p-2. The Morgan fingerprint density at radius 2 is 1.85 bits per heavy atom. The Kier molecular flexibility index (Phi) is 4.45. The van der Waals surface area contributed by atoms with Crippen molar-refractivity contribution in [2.75, 3.05) is 6.61 Å². The fraction of sp³-hybridized carbons (Fsp3) is 1.00. The van der Waals surface area contributed by atoms with E-state index in [1.54, 1.807) is 0 Å². The SMILES string of the molecule is CCOP(=O)([O-])C(Cl)(Cl)P(=O)([O-])O. The van der Waals surface area contributed by atoms with Gasteiger partial charge in [-0.25, -0.2) is 0 Å². The Labute approximate surface area is 84.5 Å². The van der Waals surface area contributed by atoms with E-state index in [-0.39, 0.29) is 6.61 Å². The summed E-state index contributed by atoms with van der Waals surface area (Å²) in [6, 6.07) is 0. The van der Waals surface area contributed by atoms with Gasteiger partial charge < -0.3 is 28.3 Å². The number of hydrogen-bond acceptors (Lipinski definition) is 5. The van der Waals surface area contributed by atoms with Crippen molar-refractivity contribution < 1.29 is 28.3 Å². The average Bonchev–Trinajstić information content (AvgIpc) is 1.84. The van der Waals surface area contributed by atoms with Gasteiger partial charge in [-0.2, -0.15) is 0 Å². The highest BCUT2D eigenvalue weighted by molar-refractivity contribution is 7.77. The molecule has 6 nitrogen and oxygen atoms in total. The van der Waals surface area contributed by atoms with E-state index >= 15 is 0 Å². The summed E-state index contributed by atoms with van der Waals surface area (Å²) in [4.78, 5) is 29.7. The zero-order valence-electron chi connectivity index (χ0n) is 6.35. The Morgan fingerprint density at radius 1 is 1.46 bits per heavy atom. The van der Waals surface area contributed by atoms with Crippen molar-refractivity contribution in [3.8, 4) is 0 Å². The number of hydrogen-bond donors (Lipinski definition) is 1. The molecule has 0 radical (unpaired) electrons. The van der Waals surface area contributed by atoms with E-state index in [1.807, 2.05) is 0 Å². The lowest BCUT2D eigenvalue weighted by atomic mass is 10.9. The van der Waals surface area contributed by atoms with E-state index < -0.39 is 19.0 Å². The molecular formula is C3H6Cl2O6P2-2. The molecule has 0 spiro atoms. The van der Waals surface area contributed by atoms with Crippen LogP contribution in [0, 0.1) is 0 Å². The van der Waals surface area contributed by atoms with Crippen LogP contribution in [0.15, 0.2) is 0 Å². The predicted octanol–water partition coefficient (Wildman–Crippen LogP) is 0.211. The van der Waals surface area contributed by atoms with Crippen LogP contribution in [0.3, 0.4) is 0 Å². The summed E-state index contributed by atoms with van der Waals surface area (Å²) in [6.45, 7) is 0.962. The fourth-order valence-electron chi connectivity index (χ4n) is 0.402. The third kappa shape index (κ3) is 2.91. The molecule has 0 fully saturated rings. The zero-order chi connectivity index (χ0) is 10.9. The molecule has 0 rings (SSSR count). The van der Waals surface area contributed by atoms with Gasteiger partial charge in [0.2, 0.25) is 3.82 Å². The fourth-order valence-corrected chi connectivity index (χ4v) is 2.60. The smallest absolute Gasteiger partial charge is 0.243 e. The second kappa shape index (κ2) is 4.17. The predicted molar refractivity (Wildman–Crippen MR) is 43.5 cm³/mol. The molecule has 2 unspecified atom stereocenters. The summed E-state index contributed by atoms with van der Waals surface area (Å²) >= 11 is 9.84. The van der Waals surface area contributed by atoms with E-state index in [2.05, 4.69) is 4.52 Å². The largest absolute Gasteiger partial charge is 0.776 e. The number of halogens is 2. The molecule has 0 saturated heterocycles. The summed E-state index contributed by atoms with van der Waals surface area (Å²) in [5, 5.41) is 0. The lowest BCUT2D eigenvalue weighted by Gasteiger charge is -2.39. The monoisotopic (exact) mass is 270 g/mol. The first-order valence-electron chi connectivity index (χ1n) is 2.93. The highest BCUT2D eigenvalue weighted by atomic mass is 35.5. The maximum atomic E-state index is 10.9. The summed E-state index contributed by atoms with van der Waals surface area (Å²) in [6.07, 6.45) is 0.